The molecule has 0 amide bonds. The first-order valence-electron chi connectivity index (χ1n) is 5.15. The van der Waals surface area contributed by atoms with Crippen molar-refractivity contribution >= 4 is 17.2 Å². The Balaban J connectivity index is 2.29. The minimum absolute atomic E-state index is 0.0378. The van der Waals surface area contributed by atoms with Gasteiger partial charge in [-0.15, -0.1) is 0 Å². The fraction of sp³-hybridized carbons (Fsp3) is 0.500. The van der Waals surface area contributed by atoms with E-state index < -0.39 is 5.82 Å². The third-order valence-electron chi connectivity index (χ3n) is 2.61. The summed E-state index contributed by atoms with van der Waals surface area (Å²) in [5.74, 6) is -0.295. The van der Waals surface area contributed by atoms with Gasteiger partial charge in [0.05, 0.1) is 30.3 Å². The van der Waals surface area contributed by atoms with Gasteiger partial charge in [0.15, 0.2) is 11.6 Å². The summed E-state index contributed by atoms with van der Waals surface area (Å²) in [5.41, 5.74) is 11.1. The van der Waals surface area contributed by atoms with Gasteiger partial charge >= 0.3 is 0 Å². The molecule has 2 heterocycles. The number of pyridine rings is 1. The SMILES string of the molecule is C[C@@H]1CN(c2ncc(N)c(N)c2F)CCO1. The van der Waals surface area contributed by atoms with Crippen LogP contribution in [0.3, 0.4) is 0 Å². The highest BCUT2D eigenvalue weighted by atomic mass is 19.1. The second-order valence-electron chi connectivity index (χ2n) is 3.89. The van der Waals surface area contributed by atoms with Crippen LogP contribution in [0.4, 0.5) is 21.6 Å². The van der Waals surface area contributed by atoms with Crippen LogP contribution in [0.2, 0.25) is 0 Å². The van der Waals surface area contributed by atoms with Crippen molar-refractivity contribution in [2.24, 2.45) is 0 Å². The summed E-state index contributed by atoms with van der Waals surface area (Å²) in [6.07, 6.45) is 1.45. The maximum atomic E-state index is 13.8. The van der Waals surface area contributed by atoms with E-state index in [2.05, 4.69) is 4.98 Å². The largest absolute Gasteiger partial charge is 0.396 e. The molecule has 0 spiro atoms. The number of nitrogen functional groups attached to an aromatic ring is 2. The van der Waals surface area contributed by atoms with Gasteiger partial charge in [0.2, 0.25) is 0 Å². The number of aromatic nitrogens is 1. The zero-order valence-electron chi connectivity index (χ0n) is 9.11. The van der Waals surface area contributed by atoms with Gasteiger partial charge < -0.3 is 21.1 Å². The molecule has 0 radical (unpaired) electrons. The Morgan fingerprint density at radius 1 is 1.56 bits per heavy atom. The highest BCUT2D eigenvalue weighted by molar-refractivity contribution is 5.67. The zero-order chi connectivity index (χ0) is 11.7. The number of hydrogen-bond donors (Lipinski definition) is 2. The third-order valence-corrected chi connectivity index (χ3v) is 2.61. The van der Waals surface area contributed by atoms with E-state index in [9.17, 15) is 4.39 Å². The highest BCUT2D eigenvalue weighted by Gasteiger charge is 2.22. The summed E-state index contributed by atoms with van der Waals surface area (Å²) in [6, 6.07) is 0. The van der Waals surface area contributed by atoms with Gasteiger partial charge in [0.25, 0.3) is 0 Å². The lowest BCUT2D eigenvalue weighted by Crippen LogP contribution is -2.42. The van der Waals surface area contributed by atoms with Gasteiger partial charge in [0.1, 0.15) is 0 Å². The van der Waals surface area contributed by atoms with Crippen molar-refractivity contribution in [2.75, 3.05) is 36.1 Å². The lowest BCUT2D eigenvalue weighted by atomic mass is 10.2. The quantitative estimate of drug-likeness (QED) is 0.733. The minimum atomic E-state index is -0.547. The van der Waals surface area contributed by atoms with Crippen molar-refractivity contribution in [2.45, 2.75) is 13.0 Å². The first-order valence-corrected chi connectivity index (χ1v) is 5.15. The lowest BCUT2D eigenvalue weighted by Gasteiger charge is -2.32. The summed E-state index contributed by atoms with van der Waals surface area (Å²) >= 11 is 0. The maximum Gasteiger partial charge on any atom is 0.190 e. The minimum Gasteiger partial charge on any atom is -0.396 e. The predicted molar refractivity (Wildman–Crippen MR) is 60.6 cm³/mol. The smallest absolute Gasteiger partial charge is 0.190 e. The molecular weight excluding hydrogens is 211 g/mol. The Morgan fingerprint density at radius 2 is 2.31 bits per heavy atom. The van der Waals surface area contributed by atoms with E-state index in [1.807, 2.05) is 11.8 Å². The van der Waals surface area contributed by atoms with Gasteiger partial charge in [-0.1, -0.05) is 0 Å². The number of anilines is 3. The molecule has 1 aromatic heterocycles. The lowest BCUT2D eigenvalue weighted by molar-refractivity contribution is 0.0527. The fourth-order valence-corrected chi connectivity index (χ4v) is 1.74. The summed E-state index contributed by atoms with van der Waals surface area (Å²) < 4.78 is 19.2. The monoisotopic (exact) mass is 226 g/mol. The van der Waals surface area contributed by atoms with Crippen molar-refractivity contribution in [3.63, 3.8) is 0 Å². The van der Waals surface area contributed by atoms with Gasteiger partial charge in [-0.2, -0.15) is 0 Å². The first kappa shape index (κ1) is 10.9. The van der Waals surface area contributed by atoms with Crippen molar-refractivity contribution in [3.8, 4) is 0 Å². The van der Waals surface area contributed by atoms with Gasteiger partial charge in [0, 0.05) is 13.1 Å². The number of halogens is 1. The van der Waals surface area contributed by atoms with E-state index in [0.29, 0.717) is 19.7 Å². The second-order valence-corrected chi connectivity index (χ2v) is 3.89. The number of morpholine rings is 1. The van der Waals surface area contributed by atoms with Crippen LogP contribution in [-0.4, -0.2) is 30.8 Å². The molecule has 4 N–H and O–H groups in total. The normalized spacial score (nSPS) is 21.1. The first-order chi connectivity index (χ1) is 7.59. The van der Waals surface area contributed by atoms with E-state index in [1.165, 1.54) is 6.20 Å². The van der Waals surface area contributed by atoms with Gasteiger partial charge in [-0.05, 0) is 6.92 Å². The number of hydrogen-bond acceptors (Lipinski definition) is 5. The Bertz CT molecular complexity index is 399. The van der Waals surface area contributed by atoms with E-state index in [1.54, 1.807) is 0 Å². The van der Waals surface area contributed by atoms with Gasteiger partial charge in [-0.25, -0.2) is 9.37 Å². The van der Waals surface area contributed by atoms with Crippen LogP contribution in [0.25, 0.3) is 0 Å². The molecular formula is C10H15FN4O. The van der Waals surface area contributed by atoms with Crippen LogP contribution < -0.4 is 16.4 Å². The van der Waals surface area contributed by atoms with E-state index >= 15 is 0 Å². The third kappa shape index (κ3) is 1.88. The fourth-order valence-electron chi connectivity index (χ4n) is 1.74. The van der Waals surface area contributed by atoms with Crippen LogP contribution in [0.1, 0.15) is 6.92 Å². The molecule has 1 aromatic rings. The number of ether oxygens (including phenoxy) is 1. The Hall–Kier alpha value is -1.56. The van der Waals surface area contributed by atoms with Crippen molar-refractivity contribution in [3.05, 3.63) is 12.0 Å². The van der Waals surface area contributed by atoms with E-state index in [4.69, 9.17) is 16.2 Å². The summed E-state index contributed by atoms with van der Waals surface area (Å²) in [5, 5.41) is 0. The molecule has 0 aliphatic carbocycles. The van der Waals surface area contributed by atoms with Crippen molar-refractivity contribution in [1.82, 2.24) is 4.98 Å². The number of nitrogens with two attached hydrogens (primary N) is 2. The Morgan fingerprint density at radius 3 is 3.00 bits per heavy atom. The van der Waals surface area contributed by atoms with Crippen LogP contribution in [0.5, 0.6) is 0 Å². The molecule has 0 aromatic carbocycles. The van der Waals surface area contributed by atoms with Crippen LogP contribution >= 0.6 is 0 Å². The van der Waals surface area contributed by atoms with E-state index in [-0.39, 0.29) is 23.3 Å². The molecule has 0 saturated carbocycles. The Labute approximate surface area is 93.2 Å². The summed E-state index contributed by atoms with van der Waals surface area (Å²) in [6.45, 7) is 3.71. The summed E-state index contributed by atoms with van der Waals surface area (Å²) in [4.78, 5) is 5.81. The van der Waals surface area contributed by atoms with Crippen LogP contribution in [0.15, 0.2) is 6.20 Å². The van der Waals surface area contributed by atoms with Crippen LogP contribution in [0, 0.1) is 5.82 Å². The molecule has 0 unspecified atom stereocenters. The van der Waals surface area contributed by atoms with Gasteiger partial charge in [-0.3, -0.25) is 0 Å². The van der Waals surface area contributed by atoms with Crippen molar-refractivity contribution in [1.29, 1.82) is 0 Å². The average Bonchev–Trinajstić information content (AvgIpc) is 2.26. The molecule has 1 saturated heterocycles. The van der Waals surface area contributed by atoms with Crippen LogP contribution in [-0.2, 0) is 4.74 Å². The maximum absolute atomic E-state index is 13.8. The molecule has 6 heteroatoms. The standard InChI is InChI=1S/C10H15FN4O/c1-6-5-15(2-3-16-6)10-8(11)9(13)7(12)4-14-10/h4,6H,2-3,5,12H2,1H3,(H2,13,14)/t6-/m1/s1. The highest BCUT2D eigenvalue weighted by Crippen LogP contribution is 2.26. The van der Waals surface area contributed by atoms with E-state index in [0.717, 1.165) is 0 Å². The van der Waals surface area contributed by atoms with Crippen molar-refractivity contribution < 1.29 is 9.13 Å². The molecule has 1 aliphatic heterocycles. The molecule has 16 heavy (non-hydrogen) atoms. The molecule has 5 nitrogen and oxygen atoms in total. The molecule has 2 rings (SSSR count). The predicted octanol–water partition coefficient (Wildman–Crippen LogP) is 0.610. The molecule has 1 fully saturated rings. The molecule has 88 valence electrons. The topological polar surface area (TPSA) is 77.4 Å². The molecule has 1 atom stereocenters. The summed E-state index contributed by atoms with van der Waals surface area (Å²) in [7, 11) is 0. The zero-order valence-corrected chi connectivity index (χ0v) is 9.11. The molecule has 0 bridgehead atoms. The number of rotatable bonds is 1. The second kappa shape index (κ2) is 4.13. The number of nitrogens with zero attached hydrogens (tertiary/aromatic N) is 2. The molecule has 1 aliphatic rings. The Kier molecular flexibility index (Phi) is 2.82. The average molecular weight is 226 g/mol.